The zero-order valence-corrected chi connectivity index (χ0v) is 7.32. The van der Waals surface area contributed by atoms with Gasteiger partial charge in [-0.25, -0.2) is 4.39 Å². The van der Waals surface area contributed by atoms with Crippen LogP contribution in [0.2, 0.25) is 0 Å². The molecule has 0 aromatic heterocycles. The molecule has 1 amide bonds. The van der Waals surface area contributed by atoms with Crippen molar-refractivity contribution in [1.29, 1.82) is 0 Å². The summed E-state index contributed by atoms with van der Waals surface area (Å²) < 4.78 is 12.4. The zero-order valence-electron chi connectivity index (χ0n) is 6.50. The van der Waals surface area contributed by atoms with E-state index < -0.39 is 0 Å². The Morgan fingerprint density at radius 3 is 2.50 bits per heavy atom. The van der Waals surface area contributed by atoms with Gasteiger partial charge in [0.1, 0.15) is 5.82 Å². The van der Waals surface area contributed by atoms with Gasteiger partial charge < -0.3 is 5.32 Å². The Morgan fingerprint density at radius 1 is 1.42 bits per heavy atom. The van der Waals surface area contributed by atoms with Crippen molar-refractivity contribution in [1.82, 2.24) is 0 Å². The molecule has 0 aliphatic carbocycles. The van der Waals surface area contributed by atoms with Gasteiger partial charge in [-0.2, -0.15) is 0 Å². The largest absolute Gasteiger partial charge is 0.317 e. The third-order valence-corrected chi connectivity index (χ3v) is 1.75. The average molecular weight is 185 g/mol. The van der Waals surface area contributed by atoms with Crippen LogP contribution in [-0.4, -0.2) is 11.5 Å². The lowest BCUT2D eigenvalue weighted by molar-refractivity contribution is 0.270. The second kappa shape index (κ2) is 4.11. The number of rotatable bonds is 1. The van der Waals surface area contributed by atoms with E-state index in [-0.39, 0.29) is 11.1 Å². The van der Waals surface area contributed by atoms with Crippen molar-refractivity contribution in [3.05, 3.63) is 30.1 Å². The fourth-order valence-corrected chi connectivity index (χ4v) is 0.922. The van der Waals surface area contributed by atoms with E-state index >= 15 is 0 Å². The van der Waals surface area contributed by atoms with E-state index in [0.717, 1.165) is 11.8 Å². The Labute approximate surface area is 74.2 Å². The average Bonchev–Trinajstić information content (AvgIpc) is 2.09. The molecule has 0 saturated heterocycles. The van der Waals surface area contributed by atoms with Crippen LogP contribution in [0.1, 0.15) is 0 Å². The minimum Gasteiger partial charge on any atom is -0.317 e. The summed E-state index contributed by atoms with van der Waals surface area (Å²) in [6.45, 7) is 0. The van der Waals surface area contributed by atoms with Gasteiger partial charge in [0.2, 0.25) is 0 Å². The summed E-state index contributed by atoms with van der Waals surface area (Å²) in [5, 5.41) is 2.42. The first-order chi connectivity index (χ1) is 5.72. The molecule has 1 aromatic rings. The van der Waals surface area contributed by atoms with Crippen LogP contribution in [0, 0.1) is 5.82 Å². The van der Waals surface area contributed by atoms with Crippen molar-refractivity contribution in [3.8, 4) is 0 Å². The summed E-state index contributed by atoms with van der Waals surface area (Å²) in [5.41, 5.74) is 0.607. The minimum atomic E-state index is -0.308. The Balaban J connectivity index is 2.64. The highest BCUT2D eigenvalue weighted by Crippen LogP contribution is 2.10. The van der Waals surface area contributed by atoms with Gasteiger partial charge in [-0.1, -0.05) is 11.8 Å². The minimum absolute atomic E-state index is 0.151. The molecule has 0 aliphatic heterocycles. The van der Waals surface area contributed by atoms with Crippen molar-refractivity contribution in [3.63, 3.8) is 0 Å². The molecule has 0 radical (unpaired) electrons. The van der Waals surface area contributed by atoms with Gasteiger partial charge in [-0.3, -0.25) is 4.79 Å². The Hall–Kier alpha value is -1.03. The normalized spacial score (nSPS) is 9.50. The van der Waals surface area contributed by atoms with Crippen LogP contribution >= 0.6 is 11.8 Å². The molecule has 4 heteroatoms. The molecule has 0 bridgehead atoms. The highest BCUT2D eigenvalue weighted by atomic mass is 32.2. The number of halogens is 1. The van der Waals surface area contributed by atoms with Crippen LogP contribution in [0.15, 0.2) is 24.3 Å². The molecule has 0 unspecified atom stereocenters. The molecular formula is C8H8FNOS. The van der Waals surface area contributed by atoms with Crippen molar-refractivity contribution in [2.75, 3.05) is 11.6 Å². The second-order valence-corrected chi connectivity index (χ2v) is 2.90. The molecule has 2 nitrogen and oxygen atoms in total. The van der Waals surface area contributed by atoms with Crippen LogP contribution in [0.3, 0.4) is 0 Å². The summed E-state index contributed by atoms with van der Waals surface area (Å²) in [5.74, 6) is -0.308. The third kappa shape index (κ3) is 2.54. The molecule has 1 aromatic carbocycles. The monoisotopic (exact) mass is 185 g/mol. The lowest BCUT2D eigenvalue weighted by atomic mass is 10.3. The Kier molecular flexibility index (Phi) is 3.10. The number of nitrogens with one attached hydrogen (secondary N) is 1. The van der Waals surface area contributed by atoms with Gasteiger partial charge in [0.15, 0.2) is 0 Å². The number of hydrogen-bond donors (Lipinski definition) is 1. The van der Waals surface area contributed by atoms with Crippen LogP contribution in [-0.2, 0) is 0 Å². The lowest BCUT2D eigenvalue weighted by Crippen LogP contribution is -2.03. The van der Waals surface area contributed by atoms with E-state index in [1.165, 1.54) is 24.3 Å². The number of hydrogen-bond acceptors (Lipinski definition) is 2. The second-order valence-electron chi connectivity index (χ2n) is 2.12. The van der Waals surface area contributed by atoms with E-state index in [0.29, 0.717) is 5.69 Å². The summed E-state index contributed by atoms with van der Waals surface area (Å²) in [6.07, 6.45) is 1.68. The van der Waals surface area contributed by atoms with Gasteiger partial charge in [-0.05, 0) is 30.5 Å². The number of carbonyl (C=O) groups is 1. The topological polar surface area (TPSA) is 29.1 Å². The van der Waals surface area contributed by atoms with Crippen LogP contribution in [0.5, 0.6) is 0 Å². The van der Waals surface area contributed by atoms with Crippen LogP contribution in [0.25, 0.3) is 0 Å². The Morgan fingerprint density at radius 2 is 2.00 bits per heavy atom. The molecule has 0 spiro atoms. The van der Waals surface area contributed by atoms with Crippen molar-refractivity contribution in [2.24, 2.45) is 0 Å². The highest BCUT2D eigenvalue weighted by molar-refractivity contribution is 8.13. The first kappa shape index (κ1) is 9.06. The molecule has 0 heterocycles. The summed E-state index contributed by atoms with van der Waals surface area (Å²) in [4.78, 5) is 10.8. The SMILES string of the molecule is CSC(=O)Nc1ccc(F)cc1. The highest BCUT2D eigenvalue weighted by Gasteiger charge is 1.98. The number of amides is 1. The molecule has 1 rings (SSSR count). The summed E-state index contributed by atoms with van der Waals surface area (Å²) in [6, 6.07) is 5.64. The van der Waals surface area contributed by atoms with E-state index in [9.17, 15) is 9.18 Å². The zero-order chi connectivity index (χ0) is 8.97. The molecule has 0 atom stereocenters. The van der Waals surface area contributed by atoms with Gasteiger partial charge in [0, 0.05) is 5.69 Å². The summed E-state index contributed by atoms with van der Waals surface area (Å²) in [7, 11) is 0. The lowest BCUT2D eigenvalue weighted by Gasteiger charge is -2.00. The quantitative estimate of drug-likeness (QED) is 0.728. The third-order valence-electron chi connectivity index (χ3n) is 1.28. The first-order valence-electron chi connectivity index (χ1n) is 3.33. The fraction of sp³-hybridized carbons (Fsp3) is 0.125. The number of thioether (sulfide) groups is 1. The number of anilines is 1. The smallest absolute Gasteiger partial charge is 0.283 e. The molecule has 0 fully saturated rings. The van der Waals surface area contributed by atoms with Crippen LogP contribution in [0.4, 0.5) is 14.9 Å². The van der Waals surface area contributed by atoms with Gasteiger partial charge in [-0.15, -0.1) is 0 Å². The molecule has 12 heavy (non-hydrogen) atoms. The maximum absolute atomic E-state index is 12.4. The maximum Gasteiger partial charge on any atom is 0.283 e. The van der Waals surface area contributed by atoms with E-state index in [2.05, 4.69) is 5.32 Å². The molecular weight excluding hydrogens is 177 g/mol. The standard InChI is InChI=1S/C8H8FNOS/c1-12-8(11)10-7-4-2-6(9)3-5-7/h2-5H,1H3,(H,10,11). The molecule has 0 saturated carbocycles. The van der Waals surface area contributed by atoms with E-state index in [1.807, 2.05) is 0 Å². The first-order valence-corrected chi connectivity index (χ1v) is 4.55. The van der Waals surface area contributed by atoms with Crippen molar-refractivity contribution in [2.45, 2.75) is 0 Å². The Bertz CT molecular complexity index is 273. The summed E-state index contributed by atoms with van der Waals surface area (Å²) >= 11 is 1.08. The predicted molar refractivity (Wildman–Crippen MR) is 48.9 cm³/mol. The van der Waals surface area contributed by atoms with E-state index in [1.54, 1.807) is 6.26 Å². The maximum atomic E-state index is 12.4. The van der Waals surface area contributed by atoms with Gasteiger partial charge >= 0.3 is 0 Å². The van der Waals surface area contributed by atoms with Gasteiger partial charge in [0.05, 0.1) is 0 Å². The number of benzene rings is 1. The molecule has 0 aliphatic rings. The van der Waals surface area contributed by atoms with Crippen molar-refractivity contribution >= 4 is 22.7 Å². The van der Waals surface area contributed by atoms with Gasteiger partial charge in [0.25, 0.3) is 5.24 Å². The van der Waals surface area contributed by atoms with Crippen LogP contribution < -0.4 is 5.32 Å². The molecule has 1 N–H and O–H groups in total. The fourth-order valence-electron chi connectivity index (χ4n) is 0.702. The van der Waals surface area contributed by atoms with Crippen molar-refractivity contribution < 1.29 is 9.18 Å². The predicted octanol–water partition coefficient (Wildman–Crippen LogP) is 2.72. The number of carbonyl (C=O) groups excluding carboxylic acids is 1. The molecule has 64 valence electrons. The van der Waals surface area contributed by atoms with E-state index in [4.69, 9.17) is 0 Å².